The molecule has 0 aliphatic carbocycles. The predicted octanol–water partition coefficient (Wildman–Crippen LogP) is 2.51. The van der Waals surface area contributed by atoms with Crippen molar-refractivity contribution in [2.45, 2.75) is 25.7 Å². The van der Waals surface area contributed by atoms with Gasteiger partial charge in [-0.05, 0) is 25.3 Å². The number of carbonyl (C=O) groups excluding carboxylic acids is 1. The van der Waals surface area contributed by atoms with Gasteiger partial charge in [0.25, 0.3) is 5.91 Å². The fourth-order valence-electron chi connectivity index (χ4n) is 2.56. The summed E-state index contributed by atoms with van der Waals surface area (Å²) in [7, 11) is 0. The van der Waals surface area contributed by atoms with Crippen molar-refractivity contribution in [2.24, 2.45) is 0 Å². The fraction of sp³-hybridized carbons (Fsp3) is 0.357. The highest BCUT2D eigenvalue weighted by Crippen LogP contribution is 2.34. The molecule has 0 atom stereocenters. The van der Waals surface area contributed by atoms with E-state index in [1.165, 1.54) is 19.3 Å². The van der Waals surface area contributed by atoms with Gasteiger partial charge in [-0.25, -0.2) is 0 Å². The summed E-state index contributed by atoms with van der Waals surface area (Å²) in [6, 6.07) is 7.91. The summed E-state index contributed by atoms with van der Waals surface area (Å²) >= 11 is 0. The standard InChI is InChI=1S/C14H16N2O/c17-14-13(12-8-2-1-5-9-15-12)10-6-3-4-7-11(10)16-14/h3-4,6-7,15H,1-2,5,8-9H2,(H,16,17). The molecular formula is C14H16N2O. The molecular weight excluding hydrogens is 212 g/mol. The summed E-state index contributed by atoms with van der Waals surface area (Å²) in [6.45, 7) is 0.980. The third-order valence-corrected chi connectivity index (χ3v) is 3.42. The van der Waals surface area contributed by atoms with Crippen molar-refractivity contribution in [1.82, 2.24) is 5.32 Å². The third kappa shape index (κ3) is 1.82. The monoisotopic (exact) mass is 228 g/mol. The van der Waals surface area contributed by atoms with E-state index in [0.29, 0.717) is 0 Å². The number of hydrogen-bond donors (Lipinski definition) is 2. The number of nitrogens with one attached hydrogen (secondary N) is 2. The Balaban J connectivity index is 2.07. The molecule has 1 amide bonds. The van der Waals surface area contributed by atoms with Crippen LogP contribution in [0.15, 0.2) is 30.0 Å². The lowest BCUT2D eigenvalue weighted by molar-refractivity contribution is -0.110. The molecule has 0 bridgehead atoms. The molecule has 1 fully saturated rings. The van der Waals surface area contributed by atoms with E-state index in [1.54, 1.807) is 0 Å². The van der Waals surface area contributed by atoms with E-state index in [0.717, 1.165) is 35.5 Å². The maximum atomic E-state index is 12.0. The van der Waals surface area contributed by atoms with Crippen LogP contribution in [0.5, 0.6) is 0 Å². The molecule has 1 aromatic carbocycles. The molecule has 2 heterocycles. The molecule has 3 nitrogen and oxygen atoms in total. The fourth-order valence-corrected chi connectivity index (χ4v) is 2.56. The zero-order chi connectivity index (χ0) is 11.7. The molecule has 0 saturated carbocycles. The topological polar surface area (TPSA) is 41.1 Å². The molecule has 3 heteroatoms. The normalized spacial score (nSPS) is 23.6. The Labute approximate surface area is 101 Å². The van der Waals surface area contributed by atoms with Crippen LogP contribution >= 0.6 is 0 Å². The molecule has 0 unspecified atom stereocenters. The van der Waals surface area contributed by atoms with Crippen LogP contribution in [-0.2, 0) is 4.79 Å². The lowest BCUT2D eigenvalue weighted by atomic mass is 10.0. The van der Waals surface area contributed by atoms with E-state index in [2.05, 4.69) is 10.6 Å². The van der Waals surface area contributed by atoms with Gasteiger partial charge in [-0.3, -0.25) is 4.79 Å². The molecule has 0 spiro atoms. The van der Waals surface area contributed by atoms with Gasteiger partial charge in [-0.15, -0.1) is 0 Å². The lowest BCUT2D eigenvalue weighted by Gasteiger charge is -2.09. The van der Waals surface area contributed by atoms with Crippen molar-refractivity contribution in [1.29, 1.82) is 0 Å². The summed E-state index contributed by atoms with van der Waals surface area (Å²) < 4.78 is 0. The average Bonchev–Trinajstić information content (AvgIpc) is 2.53. The number of hydrogen-bond acceptors (Lipinski definition) is 2. The minimum absolute atomic E-state index is 0.0376. The summed E-state index contributed by atoms with van der Waals surface area (Å²) in [5.41, 5.74) is 3.94. The maximum absolute atomic E-state index is 12.0. The maximum Gasteiger partial charge on any atom is 0.258 e. The number of carbonyl (C=O) groups is 1. The molecule has 0 radical (unpaired) electrons. The van der Waals surface area contributed by atoms with E-state index >= 15 is 0 Å². The molecule has 17 heavy (non-hydrogen) atoms. The number of para-hydroxylation sites is 1. The first kappa shape index (κ1) is 10.4. The highest BCUT2D eigenvalue weighted by Gasteiger charge is 2.27. The van der Waals surface area contributed by atoms with E-state index in [-0.39, 0.29) is 5.91 Å². The van der Waals surface area contributed by atoms with Crippen molar-refractivity contribution in [3.63, 3.8) is 0 Å². The van der Waals surface area contributed by atoms with Gasteiger partial charge >= 0.3 is 0 Å². The van der Waals surface area contributed by atoms with Gasteiger partial charge in [-0.2, -0.15) is 0 Å². The van der Waals surface area contributed by atoms with Crippen molar-refractivity contribution in [3.05, 3.63) is 35.5 Å². The lowest BCUT2D eigenvalue weighted by Crippen LogP contribution is -2.17. The van der Waals surface area contributed by atoms with E-state index in [4.69, 9.17) is 0 Å². The summed E-state index contributed by atoms with van der Waals surface area (Å²) in [5, 5.41) is 6.34. The number of anilines is 1. The second kappa shape index (κ2) is 4.24. The summed E-state index contributed by atoms with van der Waals surface area (Å²) in [5.74, 6) is 0.0376. The highest BCUT2D eigenvalue weighted by atomic mass is 16.2. The van der Waals surface area contributed by atoms with Crippen LogP contribution in [0.4, 0.5) is 5.69 Å². The third-order valence-electron chi connectivity index (χ3n) is 3.42. The molecule has 2 aliphatic heterocycles. The Morgan fingerprint density at radius 1 is 1.06 bits per heavy atom. The minimum Gasteiger partial charge on any atom is -0.388 e. The Hall–Kier alpha value is -1.77. The van der Waals surface area contributed by atoms with Crippen molar-refractivity contribution in [2.75, 3.05) is 11.9 Å². The van der Waals surface area contributed by atoms with Crippen LogP contribution in [-0.4, -0.2) is 12.5 Å². The zero-order valence-corrected chi connectivity index (χ0v) is 9.75. The smallest absolute Gasteiger partial charge is 0.258 e. The molecule has 3 rings (SSSR count). The summed E-state index contributed by atoms with van der Waals surface area (Å²) in [6.07, 6.45) is 4.59. The molecule has 1 saturated heterocycles. The molecule has 2 N–H and O–H groups in total. The van der Waals surface area contributed by atoms with Crippen LogP contribution < -0.4 is 10.6 Å². The highest BCUT2D eigenvalue weighted by molar-refractivity contribution is 6.32. The van der Waals surface area contributed by atoms with Crippen LogP contribution in [0.1, 0.15) is 31.2 Å². The van der Waals surface area contributed by atoms with Gasteiger partial charge in [0.1, 0.15) is 0 Å². The van der Waals surface area contributed by atoms with Gasteiger partial charge < -0.3 is 10.6 Å². The SMILES string of the molecule is O=C1Nc2ccccc2C1=C1CCCCCN1. The molecule has 88 valence electrons. The van der Waals surface area contributed by atoms with Gasteiger partial charge in [0.2, 0.25) is 0 Å². The first-order chi connectivity index (χ1) is 8.36. The molecule has 1 aromatic rings. The van der Waals surface area contributed by atoms with Gasteiger partial charge in [0.15, 0.2) is 0 Å². The van der Waals surface area contributed by atoms with E-state index in [9.17, 15) is 4.79 Å². The van der Waals surface area contributed by atoms with Crippen LogP contribution in [0.2, 0.25) is 0 Å². The molecule has 0 aromatic heterocycles. The number of allylic oxidation sites excluding steroid dienone is 1. The van der Waals surface area contributed by atoms with Crippen molar-refractivity contribution >= 4 is 17.2 Å². The van der Waals surface area contributed by atoms with E-state index in [1.807, 2.05) is 24.3 Å². The Bertz CT molecular complexity index is 481. The molecule has 2 aliphatic rings. The number of rotatable bonds is 0. The van der Waals surface area contributed by atoms with Gasteiger partial charge in [0, 0.05) is 23.5 Å². The number of amides is 1. The first-order valence-electron chi connectivity index (χ1n) is 6.24. The van der Waals surface area contributed by atoms with Crippen molar-refractivity contribution in [3.8, 4) is 0 Å². The van der Waals surface area contributed by atoms with Crippen LogP contribution in [0, 0.1) is 0 Å². The largest absolute Gasteiger partial charge is 0.388 e. The summed E-state index contributed by atoms with van der Waals surface area (Å²) in [4.78, 5) is 12.0. The quantitative estimate of drug-likeness (QED) is 0.670. The Morgan fingerprint density at radius 3 is 2.88 bits per heavy atom. The van der Waals surface area contributed by atoms with Crippen LogP contribution in [0.3, 0.4) is 0 Å². The number of fused-ring (bicyclic) bond motifs is 1. The van der Waals surface area contributed by atoms with Crippen LogP contribution in [0.25, 0.3) is 5.57 Å². The van der Waals surface area contributed by atoms with Gasteiger partial charge in [-0.1, -0.05) is 24.6 Å². The Morgan fingerprint density at radius 2 is 1.94 bits per heavy atom. The first-order valence-corrected chi connectivity index (χ1v) is 6.24. The predicted molar refractivity (Wildman–Crippen MR) is 68.5 cm³/mol. The van der Waals surface area contributed by atoms with Crippen molar-refractivity contribution < 1.29 is 4.79 Å². The minimum atomic E-state index is 0.0376. The Kier molecular flexibility index (Phi) is 2.59. The second-order valence-corrected chi connectivity index (χ2v) is 4.59. The number of benzene rings is 1. The second-order valence-electron chi connectivity index (χ2n) is 4.59. The van der Waals surface area contributed by atoms with E-state index < -0.39 is 0 Å². The zero-order valence-electron chi connectivity index (χ0n) is 9.75. The van der Waals surface area contributed by atoms with Gasteiger partial charge in [0.05, 0.1) is 5.57 Å². The average molecular weight is 228 g/mol.